The van der Waals surface area contributed by atoms with E-state index in [0.717, 1.165) is 38.0 Å². The maximum atomic E-state index is 13.3. The summed E-state index contributed by atoms with van der Waals surface area (Å²) in [6.07, 6.45) is 13.0. The third kappa shape index (κ3) is 4.70. The van der Waals surface area contributed by atoms with E-state index >= 15 is 0 Å². The van der Waals surface area contributed by atoms with Crippen molar-refractivity contribution in [1.29, 1.82) is 0 Å². The average Bonchev–Trinajstić information content (AvgIpc) is 2.69. The van der Waals surface area contributed by atoms with Crippen molar-refractivity contribution >= 4 is 11.6 Å². The van der Waals surface area contributed by atoms with Crippen LogP contribution in [0, 0.1) is 45.8 Å². The van der Waals surface area contributed by atoms with Crippen LogP contribution in [0.3, 0.4) is 0 Å². The minimum atomic E-state index is -0.279. The van der Waals surface area contributed by atoms with E-state index in [-0.39, 0.29) is 11.3 Å². The van der Waals surface area contributed by atoms with Gasteiger partial charge in [-0.1, -0.05) is 67.7 Å². The monoisotopic (exact) mass is 430 g/mol. The molecule has 178 valence electrons. The van der Waals surface area contributed by atoms with Gasteiger partial charge in [0, 0.05) is 24.2 Å². The number of fused-ring (bicyclic) bond motifs is 3. The first-order valence-electron chi connectivity index (χ1n) is 13.5. The fourth-order valence-electron chi connectivity index (χ4n) is 7.96. The molecule has 0 aromatic carbocycles. The molecule has 6 atom stereocenters. The van der Waals surface area contributed by atoms with Gasteiger partial charge in [-0.2, -0.15) is 0 Å². The van der Waals surface area contributed by atoms with Crippen LogP contribution >= 0.6 is 0 Å². The number of carbonyl (C=O) groups excluding carboxylic acids is 2. The van der Waals surface area contributed by atoms with Gasteiger partial charge in [0.1, 0.15) is 11.6 Å². The van der Waals surface area contributed by atoms with Crippen molar-refractivity contribution < 1.29 is 9.59 Å². The lowest BCUT2D eigenvalue weighted by molar-refractivity contribution is -0.161. The summed E-state index contributed by atoms with van der Waals surface area (Å²) in [5, 5.41) is 0. The molecule has 0 saturated heterocycles. The molecule has 0 radical (unpaired) electrons. The minimum Gasteiger partial charge on any atom is -0.299 e. The van der Waals surface area contributed by atoms with E-state index in [2.05, 4.69) is 48.5 Å². The van der Waals surface area contributed by atoms with Gasteiger partial charge in [-0.25, -0.2) is 0 Å². The first-order valence-corrected chi connectivity index (χ1v) is 13.5. The van der Waals surface area contributed by atoms with Crippen molar-refractivity contribution in [2.75, 3.05) is 0 Å². The van der Waals surface area contributed by atoms with Gasteiger partial charge < -0.3 is 0 Å². The van der Waals surface area contributed by atoms with Crippen LogP contribution < -0.4 is 0 Å². The van der Waals surface area contributed by atoms with Crippen LogP contribution in [0.2, 0.25) is 0 Å². The molecule has 2 nitrogen and oxygen atoms in total. The van der Waals surface area contributed by atoms with Gasteiger partial charge in [0.2, 0.25) is 0 Å². The lowest BCUT2D eigenvalue weighted by Crippen LogP contribution is -2.57. The molecular formula is C29H50O2. The third-order valence-corrected chi connectivity index (χ3v) is 10.7. The zero-order valence-electron chi connectivity index (χ0n) is 21.7. The summed E-state index contributed by atoms with van der Waals surface area (Å²) in [7, 11) is 0. The quantitative estimate of drug-likeness (QED) is 0.390. The molecule has 0 aliphatic heterocycles. The highest BCUT2D eigenvalue weighted by Crippen LogP contribution is 2.66. The lowest BCUT2D eigenvalue weighted by Gasteiger charge is -2.63. The molecule has 2 heteroatoms. The molecule has 3 rings (SSSR count). The molecule has 0 N–H and O–H groups in total. The normalized spacial score (nSPS) is 38.5. The molecule has 0 unspecified atom stereocenters. The molecule has 3 aliphatic carbocycles. The summed E-state index contributed by atoms with van der Waals surface area (Å²) in [4.78, 5) is 26.2. The SMILES string of the molecule is CC(C)CCC[C@H](C)C(=O)CC[C@@]1(C)C(=O)CC[C@@H]2[C@@H]1CC[C@@]1(C)[C@H]2CCCC1(C)C. The van der Waals surface area contributed by atoms with Crippen LogP contribution in [0.5, 0.6) is 0 Å². The van der Waals surface area contributed by atoms with Gasteiger partial charge in [0.05, 0.1) is 0 Å². The van der Waals surface area contributed by atoms with Gasteiger partial charge in [0.25, 0.3) is 0 Å². The predicted molar refractivity (Wildman–Crippen MR) is 130 cm³/mol. The Kier molecular flexibility index (Phi) is 7.49. The Morgan fingerprint density at radius 1 is 0.968 bits per heavy atom. The van der Waals surface area contributed by atoms with Crippen LogP contribution in [0.15, 0.2) is 0 Å². The highest BCUT2D eigenvalue weighted by Gasteiger charge is 2.60. The zero-order chi connectivity index (χ0) is 23.0. The maximum Gasteiger partial charge on any atom is 0.139 e. The van der Waals surface area contributed by atoms with Crippen LogP contribution in [-0.2, 0) is 9.59 Å². The van der Waals surface area contributed by atoms with Crippen molar-refractivity contribution in [3.05, 3.63) is 0 Å². The molecule has 3 aliphatic rings. The van der Waals surface area contributed by atoms with Crippen LogP contribution in [0.4, 0.5) is 0 Å². The molecule has 3 fully saturated rings. The number of hydrogen-bond acceptors (Lipinski definition) is 2. The average molecular weight is 431 g/mol. The van der Waals surface area contributed by atoms with E-state index in [4.69, 9.17) is 0 Å². The van der Waals surface area contributed by atoms with Crippen molar-refractivity contribution in [3.63, 3.8) is 0 Å². The van der Waals surface area contributed by atoms with Crippen molar-refractivity contribution in [2.24, 2.45) is 45.8 Å². The summed E-state index contributed by atoms with van der Waals surface area (Å²) >= 11 is 0. The highest BCUT2D eigenvalue weighted by molar-refractivity contribution is 5.87. The molecular weight excluding hydrogens is 380 g/mol. The number of ketones is 2. The standard InChI is InChI=1S/C29H50O2/c1-20(2)10-8-11-21(3)25(30)16-18-28(6)23-15-19-29(7)24(12-9-17-27(29,4)5)22(23)13-14-26(28)31/h20-24H,8-19H2,1-7H3/t21-,22+,23-,24-,28+,29-/m0/s1. The van der Waals surface area contributed by atoms with E-state index in [1.807, 2.05) is 0 Å². The van der Waals surface area contributed by atoms with Gasteiger partial charge >= 0.3 is 0 Å². The van der Waals surface area contributed by atoms with E-state index in [1.165, 1.54) is 38.5 Å². The number of hydrogen-bond donors (Lipinski definition) is 0. The predicted octanol–water partition coefficient (Wildman–Crippen LogP) is 8.03. The minimum absolute atomic E-state index is 0.144. The summed E-state index contributed by atoms with van der Waals surface area (Å²) in [6, 6.07) is 0. The molecule has 0 aromatic rings. The fourth-order valence-corrected chi connectivity index (χ4v) is 7.96. The zero-order valence-corrected chi connectivity index (χ0v) is 21.7. The molecule has 0 heterocycles. The van der Waals surface area contributed by atoms with Crippen molar-refractivity contribution in [1.82, 2.24) is 0 Å². The Balaban J connectivity index is 1.68. The molecule has 31 heavy (non-hydrogen) atoms. The second kappa shape index (κ2) is 9.30. The van der Waals surface area contributed by atoms with Gasteiger partial charge in [-0.3, -0.25) is 9.59 Å². The van der Waals surface area contributed by atoms with E-state index in [9.17, 15) is 9.59 Å². The van der Waals surface area contributed by atoms with Gasteiger partial charge in [-0.05, 0) is 79.4 Å². The second-order valence-electron chi connectivity index (χ2n) is 13.2. The van der Waals surface area contributed by atoms with E-state index < -0.39 is 0 Å². The maximum absolute atomic E-state index is 13.3. The van der Waals surface area contributed by atoms with Crippen molar-refractivity contribution in [2.45, 2.75) is 126 Å². The molecule has 0 amide bonds. The third-order valence-electron chi connectivity index (χ3n) is 10.7. The lowest BCUT2D eigenvalue weighted by atomic mass is 9.41. The number of Topliss-reactive ketones (excluding diaryl/α,β-unsaturated/α-hetero) is 2. The topological polar surface area (TPSA) is 34.1 Å². The molecule has 0 aromatic heterocycles. The van der Waals surface area contributed by atoms with E-state index in [1.54, 1.807) is 0 Å². The largest absolute Gasteiger partial charge is 0.299 e. The Morgan fingerprint density at radius 2 is 1.68 bits per heavy atom. The molecule has 3 saturated carbocycles. The Labute approximate surface area is 192 Å². The second-order valence-corrected chi connectivity index (χ2v) is 13.2. The Morgan fingerprint density at radius 3 is 2.35 bits per heavy atom. The summed E-state index contributed by atoms with van der Waals surface area (Å²) in [5.74, 6) is 3.62. The summed E-state index contributed by atoms with van der Waals surface area (Å²) < 4.78 is 0. The molecule has 0 spiro atoms. The molecule has 0 bridgehead atoms. The highest BCUT2D eigenvalue weighted by atomic mass is 16.1. The fraction of sp³-hybridized carbons (Fsp3) is 0.931. The Bertz CT molecular complexity index is 662. The van der Waals surface area contributed by atoms with Gasteiger partial charge in [-0.15, -0.1) is 0 Å². The van der Waals surface area contributed by atoms with Crippen LogP contribution in [0.1, 0.15) is 126 Å². The van der Waals surface area contributed by atoms with Crippen LogP contribution in [0.25, 0.3) is 0 Å². The first kappa shape index (κ1) is 25.0. The number of carbonyl (C=O) groups is 2. The first-order chi connectivity index (χ1) is 14.4. The van der Waals surface area contributed by atoms with Crippen molar-refractivity contribution in [3.8, 4) is 0 Å². The smallest absolute Gasteiger partial charge is 0.139 e. The summed E-state index contributed by atoms with van der Waals surface area (Å²) in [6.45, 7) is 16.4. The van der Waals surface area contributed by atoms with Crippen LogP contribution in [-0.4, -0.2) is 11.6 Å². The van der Waals surface area contributed by atoms with Gasteiger partial charge in [0.15, 0.2) is 0 Å². The summed E-state index contributed by atoms with van der Waals surface area (Å²) in [5.41, 5.74) is 0.535. The Hall–Kier alpha value is -0.660. The van der Waals surface area contributed by atoms with E-state index in [0.29, 0.717) is 46.6 Å². The number of rotatable bonds is 8.